The van der Waals surface area contributed by atoms with Crippen molar-refractivity contribution in [3.63, 3.8) is 0 Å². The second-order valence-corrected chi connectivity index (χ2v) is 2.19. The Hall–Kier alpha value is -2.26. The van der Waals surface area contributed by atoms with Gasteiger partial charge in [-0.1, -0.05) is 0 Å². The van der Waals surface area contributed by atoms with Crippen LogP contribution in [0.4, 0.5) is 11.4 Å². The first-order valence-electron chi connectivity index (χ1n) is 3.14. The first kappa shape index (κ1) is 15.2. The fourth-order valence-corrected chi connectivity index (χ4v) is 0.772. The third-order valence-corrected chi connectivity index (χ3v) is 1.37. The highest BCUT2D eigenvalue weighted by molar-refractivity contribution is 5.52. The number of non-ortho nitro benzene ring substituents is 1. The summed E-state index contributed by atoms with van der Waals surface area (Å²) >= 11 is 0. The summed E-state index contributed by atoms with van der Waals surface area (Å²) in [7, 11) is 0. The van der Waals surface area contributed by atoms with E-state index in [0.29, 0.717) is 6.07 Å². The standard InChI is InChI=1S/C6H4N2O5.H3N.H2O/c9-6-2-1-4(7(10)11)3-5(6)8(12)13;;/h1-3,9H;1H3;1H2. The normalized spacial score (nSPS) is 8.27. The van der Waals surface area contributed by atoms with Gasteiger partial charge in [-0.3, -0.25) is 20.2 Å². The van der Waals surface area contributed by atoms with Gasteiger partial charge in [0.1, 0.15) is 0 Å². The summed E-state index contributed by atoms with van der Waals surface area (Å²) in [5, 5.41) is 29.3. The summed E-state index contributed by atoms with van der Waals surface area (Å²) in [6.07, 6.45) is 0. The molecule has 1 aromatic rings. The molecule has 0 spiro atoms. The molecule has 0 aromatic heterocycles. The zero-order valence-electron chi connectivity index (χ0n) is 7.41. The van der Waals surface area contributed by atoms with Crippen molar-refractivity contribution in [2.24, 2.45) is 0 Å². The van der Waals surface area contributed by atoms with Crippen LogP contribution in [-0.2, 0) is 0 Å². The van der Waals surface area contributed by atoms with Crippen molar-refractivity contribution in [2.75, 3.05) is 0 Å². The number of phenolic OH excluding ortho intramolecular Hbond substituents is 1. The van der Waals surface area contributed by atoms with Crippen molar-refractivity contribution < 1.29 is 20.4 Å². The fraction of sp³-hybridized carbons (Fsp3) is 0. The first-order chi connectivity index (χ1) is 6.02. The Morgan fingerprint density at radius 3 is 2.07 bits per heavy atom. The van der Waals surface area contributed by atoms with E-state index in [1.165, 1.54) is 0 Å². The second-order valence-electron chi connectivity index (χ2n) is 2.19. The predicted octanol–water partition coefficient (Wildman–Crippen LogP) is 0.546. The zero-order valence-corrected chi connectivity index (χ0v) is 7.41. The summed E-state index contributed by atoms with van der Waals surface area (Å²) in [5.41, 5.74) is -1.10. The van der Waals surface area contributed by atoms with Crippen LogP contribution in [0.1, 0.15) is 0 Å². The van der Waals surface area contributed by atoms with Gasteiger partial charge in [-0.15, -0.1) is 0 Å². The number of aromatic hydroxyl groups is 1. The minimum absolute atomic E-state index is 0. The van der Waals surface area contributed by atoms with Crippen molar-refractivity contribution in [1.82, 2.24) is 6.15 Å². The zero-order chi connectivity index (χ0) is 10.0. The molecule has 0 aliphatic heterocycles. The monoisotopic (exact) mass is 219 g/mol. The maximum atomic E-state index is 10.2. The van der Waals surface area contributed by atoms with Crippen LogP contribution in [0, 0.1) is 20.2 Å². The van der Waals surface area contributed by atoms with Gasteiger partial charge in [0.15, 0.2) is 5.75 Å². The van der Waals surface area contributed by atoms with Crippen molar-refractivity contribution in [2.45, 2.75) is 0 Å². The number of nitrogens with zero attached hydrogens (tertiary/aromatic N) is 2. The molecule has 15 heavy (non-hydrogen) atoms. The van der Waals surface area contributed by atoms with Crippen molar-refractivity contribution in [1.29, 1.82) is 0 Å². The Morgan fingerprint density at radius 1 is 1.13 bits per heavy atom. The molecule has 0 fully saturated rings. The molecular formula is C6H9N3O6. The van der Waals surface area contributed by atoms with E-state index in [2.05, 4.69) is 0 Å². The molecule has 0 amide bonds. The number of nitro benzene ring substituents is 2. The third kappa shape index (κ3) is 3.17. The highest BCUT2D eigenvalue weighted by Gasteiger charge is 2.18. The number of benzene rings is 1. The predicted molar refractivity (Wildman–Crippen MR) is 50.1 cm³/mol. The van der Waals surface area contributed by atoms with Crippen LogP contribution < -0.4 is 6.15 Å². The molecule has 0 radical (unpaired) electrons. The molecule has 0 saturated carbocycles. The van der Waals surface area contributed by atoms with Gasteiger partial charge in [0.2, 0.25) is 0 Å². The molecule has 0 aliphatic carbocycles. The number of hydrogen-bond acceptors (Lipinski definition) is 6. The minimum Gasteiger partial charge on any atom is -0.502 e. The molecule has 0 bridgehead atoms. The topological polar surface area (TPSA) is 173 Å². The van der Waals surface area contributed by atoms with E-state index in [1.807, 2.05) is 0 Å². The second kappa shape index (κ2) is 5.47. The average molecular weight is 219 g/mol. The van der Waals surface area contributed by atoms with Crippen LogP contribution >= 0.6 is 0 Å². The van der Waals surface area contributed by atoms with E-state index in [1.54, 1.807) is 0 Å². The highest BCUT2D eigenvalue weighted by atomic mass is 16.6. The van der Waals surface area contributed by atoms with Gasteiger partial charge in [0, 0.05) is 6.07 Å². The van der Waals surface area contributed by atoms with E-state index in [-0.39, 0.29) is 11.6 Å². The Morgan fingerprint density at radius 2 is 1.67 bits per heavy atom. The van der Waals surface area contributed by atoms with E-state index in [0.717, 1.165) is 12.1 Å². The number of phenols is 1. The molecule has 0 aliphatic rings. The third-order valence-electron chi connectivity index (χ3n) is 1.37. The fourth-order valence-electron chi connectivity index (χ4n) is 0.772. The van der Waals surface area contributed by atoms with Gasteiger partial charge in [0.05, 0.1) is 15.9 Å². The molecule has 6 N–H and O–H groups in total. The molecule has 9 nitrogen and oxygen atoms in total. The van der Waals surface area contributed by atoms with Crippen LogP contribution in [0.2, 0.25) is 0 Å². The van der Waals surface area contributed by atoms with Gasteiger partial charge < -0.3 is 16.7 Å². The van der Waals surface area contributed by atoms with E-state index >= 15 is 0 Å². The summed E-state index contributed by atoms with van der Waals surface area (Å²) in [4.78, 5) is 18.7. The Kier molecular flexibility index (Phi) is 5.55. The maximum absolute atomic E-state index is 10.2. The van der Waals surface area contributed by atoms with Crippen LogP contribution in [0.25, 0.3) is 0 Å². The maximum Gasteiger partial charge on any atom is 0.317 e. The van der Waals surface area contributed by atoms with Crippen LogP contribution in [0.15, 0.2) is 18.2 Å². The Bertz CT molecular complexity index is 379. The summed E-state index contributed by atoms with van der Waals surface area (Å²) in [6.45, 7) is 0. The van der Waals surface area contributed by atoms with Crippen LogP contribution in [0.5, 0.6) is 5.75 Å². The molecule has 84 valence electrons. The lowest BCUT2D eigenvalue weighted by atomic mass is 10.2. The SMILES string of the molecule is N.O.O=[N+]([O-])c1ccc(O)c([N+](=O)[O-])c1. The molecule has 1 rings (SSSR count). The lowest BCUT2D eigenvalue weighted by molar-refractivity contribution is -0.394. The number of rotatable bonds is 2. The smallest absolute Gasteiger partial charge is 0.317 e. The van der Waals surface area contributed by atoms with Gasteiger partial charge in [0.25, 0.3) is 5.69 Å². The van der Waals surface area contributed by atoms with Gasteiger partial charge in [-0.2, -0.15) is 0 Å². The highest BCUT2D eigenvalue weighted by Crippen LogP contribution is 2.29. The number of nitro groups is 2. The Labute approximate surface area is 83.1 Å². The average Bonchev–Trinajstić information content (AvgIpc) is 2.04. The largest absolute Gasteiger partial charge is 0.502 e. The lowest BCUT2D eigenvalue weighted by Crippen LogP contribution is -1.92. The summed E-state index contributed by atoms with van der Waals surface area (Å²) in [5.74, 6) is -0.587. The molecule has 0 saturated heterocycles. The van der Waals surface area contributed by atoms with E-state index in [9.17, 15) is 20.2 Å². The van der Waals surface area contributed by atoms with E-state index in [4.69, 9.17) is 5.11 Å². The van der Waals surface area contributed by atoms with Crippen molar-refractivity contribution in [3.8, 4) is 5.75 Å². The summed E-state index contributed by atoms with van der Waals surface area (Å²) in [6, 6.07) is 2.61. The quantitative estimate of drug-likeness (QED) is 0.542. The van der Waals surface area contributed by atoms with Gasteiger partial charge in [-0.25, -0.2) is 0 Å². The Balaban J connectivity index is 0. The molecule has 0 heterocycles. The minimum atomic E-state index is -0.887. The lowest BCUT2D eigenvalue weighted by Gasteiger charge is -1.94. The molecular weight excluding hydrogens is 210 g/mol. The van der Waals surface area contributed by atoms with Crippen LogP contribution in [0.3, 0.4) is 0 Å². The first-order valence-corrected chi connectivity index (χ1v) is 3.14. The van der Waals surface area contributed by atoms with Crippen LogP contribution in [-0.4, -0.2) is 20.4 Å². The molecule has 0 atom stereocenters. The van der Waals surface area contributed by atoms with Crippen molar-refractivity contribution >= 4 is 11.4 Å². The van der Waals surface area contributed by atoms with Gasteiger partial charge >= 0.3 is 5.69 Å². The number of hydrogen-bond donors (Lipinski definition) is 2. The molecule has 0 unspecified atom stereocenters. The molecule has 9 heteroatoms. The van der Waals surface area contributed by atoms with E-state index < -0.39 is 27.0 Å². The van der Waals surface area contributed by atoms with Crippen molar-refractivity contribution in [3.05, 3.63) is 38.4 Å². The van der Waals surface area contributed by atoms with Gasteiger partial charge in [-0.05, 0) is 6.07 Å². The molecule has 1 aromatic carbocycles. The summed E-state index contributed by atoms with van der Waals surface area (Å²) < 4.78 is 0.